The van der Waals surface area contributed by atoms with Crippen molar-refractivity contribution in [3.8, 4) is 5.75 Å². The molecule has 1 aromatic rings. The molecule has 20 heavy (non-hydrogen) atoms. The summed E-state index contributed by atoms with van der Waals surface area (Å²) in [5, 5.41) is 9.84. The molecule has 0 aliphatic heterocycles. The fourth-order valence-electron chi connectivity index (χ4n) is 2.85. The van der Waals surface area contributed by atoms with E-state index in [1.807, 2.05) is 0 Å². The smallest absolute Gasteiger partial charge is 0.191 e. The monoisotopic (exact) mass is 268 g/mol. The Morgan fingerprint density at radius 2 is 2.05 bits per heavy atom. The molecule has 4 heteroatoms. The van der Waals surface area contributed by atoms with Crippen molar-refractivity contribution in [3.63, 3.8) is 0 Å². The van der Waals surface area contributed by atoms with E-state index < -0.39 is 5.92 Å². The molecule has 1 atom stereocenters. The number of rotatable bonds is 1. The maximum absolute atomic E-state index is 12.6. The average molecular weight is 268 g/mol. The molecule has 0 saturated heterocycles. The Kier molecular flexibility index (Phi) is 2.67. The van der Waals surface area contributed by atoms with Crippen LogP contribution in [0.15, 0.2) is 41.5 Å². The first-order valence-corrected chi connectivity index (χ1v) is 6.35. The Labute approximate surface area is 115 Å². The van der Waals surface area contributed by atoms with Crippen LogP contribution in [-0.4, -0.2) is 22.5 Å². The molecule has 1 N–H and O–H groups in total. The number of carbonyl (C=O) groups is 3. The molecule has 0 radical (unpaired) electrons. The van der Waals surface area contributed by atoms with E-state index in [4.69, 9.17) is 0 Å². The van der Waals surface area contributed by atoms with E-state index in [0.717, 1.165) is 0 Å². The highest BCUT2D eigenvalue weighted by Gasteiger charge is 2.41. The number of Topliss-reactive ketones (excluding diaryl/α,β-unsaturated/α-hetero) is 3. The Balaban J connectivity index is 2.32. The van der Waals surface area contributed by atoms with Crippen LogP contribution in [0.1, 0.15) is 34.1 Å². The predicted octanol–water partition coefficient (Wildman–Crippen LogP) is 2.23. The molecule has 3 rings (SSSR count). The molecule has 0 aromatic heterocycles. The predicted molar refractivity (Wildman–Crippen MR) is 71.7 cm³/mol. The van der Waals surface area contributed by atoms with Crippen LogP contribution in [0.3, 0.4) is 0 Å². The molecule has 2 aliphatic carbocycles. The highest BCUT2D eigenvalue weighted by atomic mass is 16.3. The number of allylic oxidation sites excluding steroid dienone is 4. The number of benzene rings is 1. The third-order valence-corrected chi connectivity index (χ3v) is 3.77. The van der Waals surface area contributed by atoms with Crippen molar-refractivity contribution in [2.75, 3.05) is 0 Å². The SMILES string of the molecule is CC(=O)C1=C2C(=O)c3cccc(O)c3C(=O)C2CC=C1. The standard InChI is InChI=1S/C16H12O4/c1-8(17)9-4-2-5-10-13(9)15(19)11-6-3-7-12(18)14(11)16(10)20/h2-4,6-7,10,18H,5H2,1H3. The zero-order chi connectivity index (χ0) is 14.4. The minimum atomic E-state index is -0.660. The van der Waals surface area contributed by atoms with Gasteiger partial charge in [-0.25, -0.2) is 0 Å². The van der Waals surface area contributed by atoms with Gasteiger partial charge in [-0.2, -0.15) is 0 Å². The number of fused-ring (bicyclic) bond motifs is 2. The molecule has 2 aliphatic rings. The quantitative estimate of drug-likeness (QED) is 0.847. The normalized spacial score (nSPS) is 20.8. The minimum absolute atomic E-state index is 0.0736. The van der Waals surface area contributed by atoms with E-state index in [2.05, 4.69) is 0 Å². The van der Waals surface area contributed by atoms with Crippen molar-refractivity contribution in [1.29, 1.82) is 0 Å². The van der Waals surface area contributed by atoms with Crippen molar-refractivity contribution < 1.29 is 19.5 Å². The van der Waals surface area contributed by atoms with Gasteiger partial charge >= 0.3 is 0 Å². The summed E-state index contributed by atoms with van der Waals surface area (Å²) in [6.45, 7) is 1.38. The van der Waals surface area contributed by atoms with Gasteiger partial charge in [0, 0.05) is 16.7 Å². The van der Waals surface area contributed by atoms with Crippen LogP contribution in [0.5, 0.6) is 5.75 Å². The third-order valence-electron chi connectivity index (χ3n) is 3.77. The molecular weight excluding hydrogens is 256 g/mol. The van der Waals surface area contributed by atoms with Crippen molar-refractivity contribution in [3.05, 3.63) is 52.6 Å². The Morgan fingerprint density at radius 1 is 1.30 bits per heavy atom. The molecule has 0 bridgehead atoms. The van der Waals surface area contributed by atoms with Crippen LogP contribution in [0.25, 0.3) is 0 Å². The molecule has 0 heterocycles. The lowest BCUT2D eigenvalue weighted by Crippen LogP contribution is -2.32. The van der Waals surface area contributed by atoms with E-state index in [1.54, 1.807) is 12.2 Å². The third kappa shape index (κ3) is 1.58. The summed E-state index contributed by atoms with van der Waals surface area (Å²) in [5.41, 5.74) is 0.816. The lowest BCUT2D eigenvalue weighted by molar-refractivity contribution is -0.113. The van der Waals surface area contributed by atoms with E-state index in [-0.39, 0.29) is 39.8 Å². The minimum Gasteiger partial charge on any atom is -0.507 e. The zero-order valence-corrected chi connectivity index (χ0v) is 10.8. The van der Waals surface area contributed by atoms with Crippen LogP contribution in [0.4, 0.5) is 0 Å². The average Bonchev–Trinajstić information content (AvgIpc) is 2.43. The highest BCUT2D eigenvalue weighted by molar-refractivity contribution is 6.27. The number of ketones is 3. The van der Waals surface area contributed by atoms with Gasteiger partial charge in [0.25, 0.3) is 0 Å². The second-order valence-corrected chi connectivity index (χ2v) is 4.97. The van der Waals surface area contributed by atoms with Gasteiger partial charge in [0.05, 0.1) is 11.5 Å². The topological polar surface area (TPSA) is 71.4 Å². The summed E-state index contributed by atoms with van der Waals surface area (Å²) < 4.78 is 0. The number of phenolic OH excluding ortho intramolecular Hbond substituents is 1. The largest absolute Gasteiger partial charge is 0.507 e. The molecule has 0 fully saturated rings. The van der Waals surface area contributed by atoms with Gasteiger partial charge in [-0.3, -0.25) is 14.4 Å². The first kappa shape index (κ1) is 12.5. The second-order valence-electron chi connectivity index (χ2n) is 4.97. The van der Waals surface area contributed by atoms with Crippen molar-refractivity contribution in [1.82, 2.24) is 0 Å². The molecule has 100 valence electrons. The van der Waals surface area contributed by atoms with Gasteiger partial charge in [-0.15, -0.1) is 0 Å². The van der Waals surface area contributed by atoms with Gasteiger partial charge in [0.2, 0.25) is 0 Å². The summed E-state index contributed by atoms with van der Waals surface area (Å²) in [5.74, 6) is -1.71. The van der Waals surface area contributed by atoms with E-state index >= 15 is 0 Å². The van der Waals surface area contributed by atoms with Crippen molar-refractivity contribution in [2.45, 2.75) is 13.3 Å². The number of hydrogen-bond donors (Lipinski definition) is 1. The van der Waals surface area contributed by atoms with Gasteiger partial charge in [0.1, 0.15) is 5.75 Å². The summed E-state index contributed by atoms with van der Waals surface area (Å²) >= 11 is 0. The molecule has 1 aromatic carbocycles. The zero-order valence-electron chi connectivity index (χ0n) is 10.8. The maximum Gasteiger partial charge on any atom is 0.191 e. The van der Waals surface area contributed by atoms with Crippen molar-refractivity contribution >= 4 is 17.3 Å². The highest BCUT2D eigenvalue weighted by Crippen LogP contribution is 2.39. The molecule has 1 unspecified atom stereocenters. The van der Waals surface area contributed by atoms with Gasteiger partial charge in [-0.05, 0) is 19.4 Å². The van der Waals surface area contributed by atoms with Gasteiger partial charge in [0.15, 0.2) is 17.3 Å². The van der Waals surface area contributed by atoms with Gasteiger partial charge in [-0.1, -0.05) is 24.3 Å². The van der Waals surface area contributed by atoms with Crippen LogP contribution >= 0.6 is 0 Å². The molecule has 4 nitrogen and oxygen atoms in total. The number of hydrogen-bond acceptors (Lipinski definition) is 4. The second kappa shape index (κ2) is 4.27. The Bertz CT molecular complexity index is 722. The first-order valence-electron chi connectivity index (χ1n) is 6.35. The fourth-order valence-corrected chi connectivity index (χ4v) is 2.85. The van der Waals surface area contributed by atoms with Crippen LogP contribution in [0, 0.1) is 5.92 Å². The molecule has 0 spiro atoms. The molecule has 0 saturated carbocycles. The van der Waals surface area contributed by atoms with E-state index in [0.29, 0.717) is 12.0 Å². The maximum atomic E-state index is 12.6. The van der Waals surface area contributed by atoms with Crippen LogP contribution < -0.4 is 0 Å². The molecule has 0 amide bonds. The Hall–Kier alpha value is -2.49. The van der Waals surface area contributed by atoms with Gasteiger partial charge < -0.3 is 5.11 Å². The lowest BCUT2D eigenvalue weighted by Gasteiger charge is -2.28. The van der Waals surface area contributed by atoms with E-state index in [1.165, 1.54) is 25.1 Å². The fraction of sp³-hybridized carbons (Fsp3) is 0.188. The summed E-state index contributed by atoms with van der Waals surface area (Å²) in [7, 11) is 0. The van der Waals surface area contributed by atoms with Crippen molar-refractivity contribution in [2.24, 2.45) is 5.92 Å². The summed E-state index contributed by atoms with van der Waals surface area (Å²) in [6.07, 6.45) is 3.71. The van der Waals surface area contributed by atoms with E-state index in [9.17, 15) is 19.5 Å². The Morgan fingerprint density at radius 3 is 2.75 bits per heavy atom. The number of carbonyl (C=O) groups excluding carboxylic acids is 3. The summed E-state index contributed by atoms with van der Waals surface area (Å²) in [6, 6.07) is 4.42. The summed E-state index contributed by atoms with van der Waals surface area (Å²) in [4.78, 5) is 36.7. The van der Waals surface area contributed by atoms with Crippen LogP contribution in [-0.2, 0) is 4.79 Å². The molecular formula is C16H12O4. The first-order chi connectivity index (χ1) is 9.52. The lowest BCUT2D eigenvalue weighted by atomic mass is 9.72. The van der Waals surface area contributed by atoms with Crippen LogP contribution in [0.2, 0.25) is 0 Å². The number of aromatic hydroxyl groups is 1. The number of phenols is 1.